The molecule has 0 bridgehead atoms. The van der Waals surface area contributed by atoms with Crippen LogP contribution in [-0.2, 0) is 14.8 Å². The number of sulfonamides is 1. The van der Waals surface area contributed by atoms with Crippen molar-refractivity contribution in [2.45, 2.75) is 38.5 Å². The Labute approximate surface area is 160 Å². The number of hydrogen-bond donors (Lipinski definition) is 2. The summed E-state index contributed by atoms with van der Waals surface area (Å²) in [5.41, 5.74) is 0.344. The smallest absolute Gasteiger partial charge is 0.303 e. The molecule has 1 amide bonds. The van der Waals surface area contributed by atoms with Crippen LogP contribution in [0.15, 0.2) is 29.2 Å². The van der Waals surface area contributed by atoms with Crippen molar-refractivity contribution >= 4 is 21.9 Å². The number of nitrogens with zero attached hydrogens (tertiary/aromatic N) is 1. The molecule has 1 heterocycles. The van der Waals surface area contributed by atoms with E-state index in [0.29, 0.717) is 30.5 Å². The maximum atomic E-state index is 12.8. The second kappa shape index (κ2) is 8.84. The number of nitrogens with one attached hydrogen (secondary N) is 1. The number of carboxylic acid groups (broad SMARTS) is 1. The van der Waals surface area contributed by atoms with E-state index in [1.807, 2.05) is 0 Å². The number of rotatable bonds is 7. The summed E-state index contributed by atoms with van der Waals surface area (Å²) in [6.45, 7) is 7.11. The van der Waals surface area contributed by atoms with Crippen molar-refractivity contribution in [3.8, 4) is 0 Å². The first-order valence-corrected chi connectivity index (χ1v) is 10.6. The highest BCUT2D eigenvalue weighted by atomic mass is 32.2. The van der Waals surface area contributed by atoms with Crippen molar-refractivity contribution in [2.75, 3.05) is 19.6 Å². The molecule has 0 radical (unpaired) electrons. The lowest BCUT2D eigenvalue weighted by Crippen LogP contribution is -2.42. The normalized spacial score (nSPS) is 22.2. The number of benzene rings is 1. The van der Waals surface area contributed by atoms with Gasteiger partial charge in [-0.1, -0.05) is 20.8 Å². The van der Waals surface area contributed by atoms with Gasteiger partial charge in [-0.2, -0.15) is 4.31 Å². The highest BCUT2D eigenvalue weighted by Gasteiger charge is 2.31. The molecule has 0 aromatic heterocycles. The molecule has 0 aliphatic carbocycles. The van der Waals surface area contributed by atoms with E-state index in [9.17, 15) is 18.0 Å². The fourth-order valence-electron chi connectivity index (χ4n) is 3.47. The van der Waals surface area contributed by atoms with Gasteiger partial charge < -0.3 is 10.4 Å². The van der Waals surface area contributed by atoms with Crippen molar-refractivity contribution in [3.05, 3.63) is 29.8 Å². The van der Waals surface area contributed by atoms with Gasteiger partial charge in [-0.05, 0) is 48.4 Å². The van der Waals surface area contributed by atoms with E-state index in [0.717, 1.165) is 6.42 Å². The highest BCUT2D eigenvalue weighted by molar-refractivity contribution is 7.89. The third kappa shape index (κ3) is 5.77. The fourth-order valence-corrected chi connectivity index (χ4v) is 5.15. The molecule has 1 aromatic carbocycles. The van der Waals surface area contributed by atoms with E-state index in [1.165, 1.54) is 28.6 Å². The molecule has 1 aromatic rings. The van der Waals surface area contributed by atoms with Crippen LogP contribution in [0.1, 0.15) is 44.0 Å². The van der Waals surface area contributed by atoms with Crippen molar-refractivity contribution in [3.63, 3.8) is 0 Å². The van der Waals surface area contributed by atoms with Crippen LogP contribution in [0.4, 0.5) is 0 Å². The first kappa shape index (κ1) is 21.4. The summed E-state index contributed by atoms with van der Waals surface area (Å²) in [5.74, 6) is -0.805. The zero-order chi connectivity index (χ0) is 20.2. The van der Waals surface area contributed by atoms with Crippen molar-refractivity contribution in [2.24, 2.45) is 17.8 Å². The first-order chi connectivity index (χ1) is 12.6. The first-order valence-electron chi connectivity index (χ1n) is 9.19. The van der Waals surface area contributed by atoms with Gasteiger partial charge in [0.25, 0.3) is 5.91 Å². The third-order valence-corrected chi connectivity index (χ3v) is 6.57. The maximum absolute atomic E-state index is 12.8. The van der Waals surface area contributed by atoms with E-state index in [1.54, 1.807) is 6.92 Å². The molecule has 3 unspecified atom stereocenters. The Morgan fingerprint density at radius 3 is 2.26 bits per heavy atom. The predicted molar refractivity (Wildman–Crippen MR) is 102 cm³/mol. The lowest BCUT2D eigenvalue weighted by Gasteiger charge is -2.34. The van der Waals surface area contributed by atoms with E-state index in [4.69, 9.17) is 5.11 Å². The summed E-state index contributed by atoms with van der Waals surface area (Å²) < 4.78 is 27.2. The van der Waals surface area contributed by atoms with Crippen LogP contribution >= 0.6 is 0 Å². The molecule has 1 fully saturated rings. The topological polar surface area (TPSA) is 104 Å². The molecule has 0 spiro atoms. The van der Waals surface area contributed by atoms with Crippen LogP contribution in [0.5, 0.6) is 0 Å². The number of piperidine rings is 1. The van der Waals surface area contributed by atoms with E-state index in [-0.39, 0.29) is 29.7 Å². The maximum Gasteiger partial charge on any atom is 0.303 e. The van der Waals surface area contributed by atoms with Gasteiger partial charge in [0, 0.05) is 31.6 Å². The molecule has 0 saturated carbocycles. The van der Waals surface area contributed by atoms with Crippen molar-refractivity contribution < 1.29 is 23.1 Å². The van der Waals surface area contributed by atoms with Crippen LogP contribution in [0.3, 0.4) is 0 Å². The number of amides is 1. The second-order valence-corrected chi connectivity index (χ2v) is 9.64. The molecule has 1 aliphatic heterocycles. The van der Waals surface area contributed by atoms with Crippen LogP contribution in [-0.4, -0.2) is 49.3 Å². The van der Waals surface area contributed by atoms with Crippen LogP contribution in [0, 0.1) is 17.8 Å². The molecule has 3 atom stereocenters. The van der Waals surface area contributed by atoms with E-state index in [2.05, 4.69) is 19.2 Å². The monoisotopic (exact) mass is 396 g/mol. The molecule has 2 rings (SSSR count). The summed E-state index contributed by atoms with van der Waals surface area (Å²) in [6.07, 6.45) is 0.996. The number of carbonyl (C=O) groups excluding carboxylic acids is 1. The number of hydrogen-bond acceptors (Lipinski definition) is 4. The molecule has 1 saturated heterocycles. The van der Waals surface area contributed by atoms with Crippen molar-refractivity contribution in [1.29, 1.82) is 0 Å². The van der Waals surface area contributed by atoms with Gasteiger partial charge >= 0.3 is 5.97 Å². The van der Waals surface area contributed by atoms with E-state index < -0.39 is 16.0 Å². The highest BCUT2D eigenvalue weighted by Crippen LogP contribution is 2.26. The van der Waals surface area contributed by atoms with Gasteiger partial charge in [0.05, 0.1) is 4.90 Å². The fraction of sp³-hybridized carbons (Fsp3) is 0.579. The Bertz CT molecular complexity index is 766. The minimum absolute atomic E-state index is 0.0237. The third-order valence-electron chi connectivity index (χ3n) is 4.72. The molecule has 1 aliphatic rings. The predicted octanol–water partition coefficient (Wildman–Crippen LogP) is 2.19. The second-order valence-electron chi connectivity index (χ2n) is 7.71. The molecule has 27 heavy (non-hydrogen) atoms. The van der Waals surface area contributed by atoms with Gasteiger partial charge in [-0.3, -0.25) is 9.59 Å². The lowest BCUT2D eigenvalue weighted by molar-refractivity contribution is -0.137. The molecular weight excluding hydrogens is 368 g/mol. The summed E-state index contributed by atoms with van der Waals surface area (Å²) in [6, 6.07) is 5.88. The average Bonchev–Trinajstić information content (AvgIpc) is 2.58. The number of carbonyl (C=O) groups is 2. The van der Waals surface area contributed by atoms with Gasteiger partial charge in [-0.15, -0.1) is 0 Å². The molecular formula is C19H28N2O5S. The number of aliphatic carboxylic acids is 1. The summed E-state index contributed by atoms with van der Waals surface area (Å²) in [7, 11) is -3.57. The quantitative estimate of drug-likeness (QED) is 0.735. The van der Waals surface area contributed by atoms with Gasteiger partial charge in [0.1, 0.15) is 0 Å². The Morgan fingerprint density at radius 1 is 1.19 bits per heavy atom. The molecule has 7 nitrogen and oxygen atoms in total. The van der Waals surface area contributed by atoms with Crippen LogP contribution < -0.4 is 5.32 Å². The van der Waals surface area contributed by atoms with Crippen LogP contribution in [0.25, 0.3) is 0 Å². The Balaban J connectivity index is 2.03. The van der Waals surface area contributed by atoms with Gasteiger partial charge in [0.2, 0.25) is 10.0 Å². The standard InChI is InChI=1S/C19H28N2O5S/c1-13(9-18(22)23)10-20-19(24)16-4-6-17(7-5-16)27(25,26)21-11-14(2)8-15(3)12-21/h4-7,13-15H,8-12H2,1-3H3,(H,20,24)(H,22,23). The minimum Gasteiger partial charge on any atom is -0.481 e. The summed E-state index contributed by atoms with van der Waals surface area (Å²) >= 11 is 0. The average molecular weight is 397 g/mol. The Kier molecular flexibility index (Phi) is 7.00. The van der Waals surface area contributed by atoms with Crippen molar-refractivity contribution in [1.82, 2.24) is 9.62 Å². The Hall–Kier alpha value is -1.93. The molecule has 8 heteroatoms. The van der Waals surface area contributed by atoms with Crippen LogP contribution in [0.2, 0.25) is 0 Å². The van der Waals surface area contributed by atoms with E-state index >= 15 is 0 Å². The molecule has 150 valence electrons. The zero-order valence-electron chi connectivity index (χ0n) is 16.0. The van der Waals surface area contributed by atoms with Gasteiger partial charge in [0.15, 0.2) is 0 Å². The zero-order valence-corrected chi connectivity index (χ0v) is 16.8. The SMILES string of the molecule is CC(CNC(=O)c1ccc(S(=O)(=O)N2CC(C)CC(C)C2)cc1)CC(=O)O. The largest absolute Gasteiger partial charge is 0.481 e. The minimum atomic E-state index is -3.57. The molecule has 2 N–H and O–H groups in total. The lowest BCUT2D eigenvalue weighted by atomic mass is 9.94. The number of carboxylic acids is 1. The van der Waals surface area contributed by atoms with Gasteiger partial charge in [-0.25, -0.2) is 8.42 Å². The summed E-state index contributed by atoms with van der Waals surface area (Å²) in [5, 5.41) is 11.4. The Morgan fingerprint density at radius 2 is 1.74 bits per heavy atom. The summed E-state index contributed by atoms with van der Waals surface area (Å²) in [4.78, 5) is 23.0.